The highest BCUT2D eigenvalue weighted by atomic mass is 32.2. The fraction of sp³-hybridized carbons (Fsp3) is 0.200. The number of hydrogen-bond acceptors (Lipinski definition) is 7. The summed E-state index contributed by atoms with van der Waals surface area (Å²) in [5, 5.41) is 5.22. The number of nitrogens with zero attached hydrogens (tertiary/aromatic N) is 1. The van der Waals surface area contributed by atoms with E-state index in [0.29, 0.717) is 27.5 Å². The second-order valence-corrected chi connectivity index (χ2v) is 9.53. The first-order valence-corrected chi connectivity index (χ1v) is 12.6. The van der Waals surface area contributed by atoms with E-state index in [2.05, 4.69) is 15.3 Å². The number of aromatic amines is 1. The Bertz CT molecular complexity index is 1360. The zero-order chi connectivity index (χ0) is 24.1. The van der Waals surface area contributed by atoms with Gasteiger partial charge in [-0.2, -0.15) is 0 Å². The van der Waals surface area contributed by atoms with Crippen molar-refractivity contribution in [3.05, 3.63) is 81.7 Å². The Labute approximate surface area is 204 Å². The van der Waals surface area contributed by atoms with Gasteiger partial charge in [0.25, 0.3) is 11.5 Å². The van der Waals surface area contributed by atoms with Crippen LogP contribution >= 0.6 is 23.1 Å². The quantitative estimate of drug-likeness (QED) is 0.343. The van der Waals surface area contributed by atoms with Crippen LogP contribution in [-0.2, 0) is 20.1 Å². The highest BCUT2D eigenvalue weighted by Gasteiger charge is 2.18. The zero-order valence-electron chi connectivity index (χ0n) is 18.7. The lowest BCUT2D eigenvalue weighted by molar-refractivity contribution is -0.150. The molecular formula is C25H23N3O4S2. The van der Waals surface area contributed by atoms with E-state index < -0.39 is 18.0 Å². The van der Waals surface area contributed by atoms with E-state index in [1.165, 1.54) is 30.0 Å². The van der Waals surface area contributed by atoms with Crippen molar-refractivity contribution >= 4 is 50.9 Å². The van der Waals surface area contributed by atoms with Crippen molar-refractivity contribution in [3.63, 3.8) is 0 Å². The Morgan fingerprint density at radius 3 is 2.62 bits per heavy atom. The third-order valence-electron chi connectivity index (χ3n) is 5.03. The predicted molar refractivity (Wildman–Crippen MR) is 137 cm³/mol. The van der Waals surface area contributed by atoms with Gasteiger partial charge in [0.1, 0.15) is 10.7 Å². The van der Waals surface area contributed by atoms with Crippen molar-refractivity contribution in [2.24, 2.45) is 0 Å². The molecular weight excluding hydrogens is 470 g/mol. The Balaban J connectivity index is 1.31. The molecule has 0 saturated heterocycles. The number of nitrogens with one attached hydrogen (secondary N) is 2. The van der Waals surface area contributed by atoms with Crippen molar-refractivity contribution < 1.29 is 14.3 Å². The second kappa shape index (κ2) is 10.7. The number of carbonyl (C=O) groups is 2. The number of ether oxygens (including phenoxy) is 1. The van der Waals surface area contributed by atoms with Crippen LogP contribution in [0.3, 0.4) is 0 Å². The van der Waals surface area contributed by atoms with Crippen LogP contribution in [0.2, 0.25) is 0 Å². The van der Waals surface area contributed by atoms with Gasteiger partial charge in [0.05, 0.1) is 16.9 Å². The van der Waals surface area contributed by atoms with Crippen molar-refractivity contribution in [3.8, 4) is 11.1 Å². The summed E-state index contributed by atoms with van der Waals surface area (Å²) in [4.78, 5) is 45.1. The van der Waals surface area contributed by atoms with E-state index >= 15 is 0 Å². The molecule has 4 rings (SSSR count). The molecule has 0 saturated carbocycles. The van der Waals surface area contributed by atoms with Crippen LogP contribution in [0.1, 0.15) is 18.3 Å². The van der Waals surface area contributed by atoms with E-state index in [1.54, 1.807) is 12.1 Å². The molecule has 34 heavy (non-hydrogen) atoms. The lowest BCUT2D eigenvalue weighted by Gasteiger charge is -2.13. The van der Waals surface area contributed by atoms with Gasteiger partial charge in [0, 0.05) is 16.6 Å². The molecule has 0 radical (unpaired) electrons. The standard InChI is InChI=1S/C25H23N3O4S2/c1-15-8-10-18(11-9-15)26-23(30)16(2)32-21(29)14-33-13-20-27-24(31)22-19(12-34-25(22)28-20)17-6-4-3-5-7-17/h3-12,16H,13-14H2,1-2H3,(H,26,30)(H,27,28,31)/t16-/m0/s1. The Morgan fingerprint density at radius 1 is 1.15 bits per heavy atom. The van der Waals surface area contributed by atoms with Crippen LogP contribution < -0.4 is 10.9 Å². The molecule has 2 aromatic carbocycles. The number of hydrogen-bond donors (Lipinski definition) is 2. The molecule has 174 valence electrons. The summed E-state index contributed by atoms with van der Waals surface area (Å²) in [5.41, 5.74) is 3.34. The van der Waals surface area contributed by atoms with Gasteiger partial charge in [-0.3, -0.25) is 14.4 Å². The van der Waals surface area contributed by atoms with Gasteiger partial charge in [-0.1, -0.05) is 48.0 Å². The van der Waals surface area contributed by atoms with E-state index in [0.717, 1.165) is 16.7 Å². The van der Waals surface area contributed by atoms with Crippen LogP contribution in [-0.4, -0.2) is 33.7 Å². The number of amides is 1. The van der Waals surface area contributed by atoms with Gasteiger partial charge in [0.15, 0.2) is 6.10 Å². The molecule has 0 aliphatic heterocycles. The SMILES string of the molecule is Cc1ccc(NC(=O)[C@H](C)OC(=O)CSCc2nc3scc(-c4ccccc4)c3c(=O)[nH]2)cc1. The van der Waals surface area contributed by atoms with Crippen LogP contribution in [0.15, 0.2) is 64.8 Å². The van der Waals surface area contributed by atoms with Gasteiger partial charge in [-0.25, -0.2) is 4.98 Å². The molecule has 4 aromatic rings. The second-order valence-electron chi connectivity index (χ2n) is 7.69. The summed E-state index contributed by atoms with van der Waals surface area (Å²) in [6.45, 7) is 3.49. The smallest absolute Gasteiger partial charge is 0.316 e. The Kier molecular flexibility index (Phi) is 7.44. The number of thiophene rings is 1. The first-order chi connectivity index (χ1) is 16.4. The van der Waals surface area contributed by atoms with Crippen LogP contribution in [0, 0.1) is 6.92 Å². The first-order valence-electron chi connectivity index (χ1n) is 10.6. The molecule has 2 N–H and O–H groups in total. The third kappa shape index (κ3) is 5.73. The summed E-state index contributed by atoms with van der Waals surface area (Å²) in [5.74, 6) is -0.0539. The molecule has 2 heterocycles. The van der Waals surface area contributed by atoms with Crippen molar-refractivity contribution in [2.75, 3.05) is 11.1 Å². The molecule has 1 atom stereocenters. The maximum Gasteiger partial charge on any atom is 0.316 e. The van der Waals surface area contributed by atoms with Gasteiger partial charge < -0.3 is 15.0 Å². The average molecular weight is 494 g/mol. The fourth-order valence-electron chi connectivity index (χ4n) is 3.29. The molecule has 0 spiro atoms. The minimum atomic E-state index is -0.925. The monoisotopic (exact) mass is 493 g/mol. The van der Waals surface area contributed by atoms with E-state index in [1.807, 2.05) is 54.8 Å². The summed E-state index contributed by atoms with van der Waals surface area (Å²) in [6, 6.07) is 17.1. The lowest BCUT2D eigenvalue weighted by Crippen LogP contribution is -2.30. The largest absolute Gasteiger partial charge is 0.452 e. The maximum absolute atomic E-state index is 12.7. The highest BCUT2D eigenvalue weighted by Crippen LogP contribution is 2.30. The van der Waals surface area contributed by atoms with Gasteiger partial charge in [-0.05, 0) is 31.5 Å². The number of thioether (sulfide) groups is 1. The molecule has 0 aliphatic carbocycles. The first kappa shape index (κ1) is 23.7. The van der Waals surface area contributed by atoms with Crippen molar-refractivity contribution in [1.29, 1.82) is 0 Å². The third-order valence-corrected chi connectivity index (χ3v) is 6.82. The van der Waals surface area contributed by atoms with Crippen LogP contribution in [0.25, 0.3) is 21.3 Å². The lowest BCUT2D eigenvalue weighted by atomic mass is 10.1. The molecule has 0 bridgehead atoms. The average Bonchev–Trinajstić information content (AvgIpc) is 3.26. The summed E-state index contributed by atoms with van der Waals surface area (Å²) >= 11 is 2.67. The number of H-pyrrole nitrogens is 1. The number of rotatable bonds is 8. The number of esters is 1. The maximum atomic E-state index is 12.7. The summed E-state index contributed by atoms with van der Waals surface area (Å²) < 4.78 is 5.23. The zero-order valence-corrected chi connectivity index (χ0v) is 20.3. The molecule has 0 unspecified atom stereocenters. The molecule has 0 aliphatic rings. The van der Waals surface area contributed by atoms with Crippen molar-refractivity contribution in [2.45, 2.75) is 25.7 Å². The summed E-state index contributed by atoms with van der Waals surface area (Å²) in [6.07, 6.45) is -0.925. The Morgan fingerprint density at radius 2 is 1.88 bits per heavy atom. The number of fused-ring (bicyclic) bond motifs is 1. The van der Waals surface area contributed by atoms with E-state index in [4.69, 9.17) is 4.74 Å². The molecule has 7 nitrogen and oxygen atoms in total. The van der Waals surface area contributed by atoms with Crippen LogP contribution in [0.4, 0.5) is 5.69 Å². The van der Waals surface area contributed by atoms with Crippen LogP contribution in [0.5, 0.6) is 0 Å². The minimum Gasteiger partial charge on any atom is -0.452 e. The normalized spacial score (nSPS) is 11.8. The van der Waals surface area contributed by atoms with Gasteiger partial charge in [0.2, 0.25) is 0 Å². The number of benzene rings is 2. The molecule has 0 fully saturated rings. The Hall–Kier alpha value is -3.43. The van der Waals surface area contributed by atoms with Crippen molar-refractivity contribution in [1.82, 2.24) is 9.97 Å². The number of carbonyl (C=O) groups excluding carboxylic acids is 2. The minimum absolute atomic E-state index is 0.0314. The molecule has 9 heteroatoms. The topological polar surface area (TPSA) is 101 Å². The fourth-order valence-corrected chi connectivity index (χ4v) is 4.92. The van der Waals surface area contributed by atoms with E-state index in [-0.39, 0.29) is 11.3 Å². The number of aryl methyl sites for hydroxylation is 1. The van der Waals surface area contributed by atoms with E-state index in [9.17, 15) is 14.4 Å². The highest BCUT2D eigenvalue weighted by molar-refractivity contribution is 7.99. The van der Waals surface area contributed by atoms with Gasteiger partial charge in [-0.15, -0.1) is 23.1 Å². The molecule has 2 aromatic heterocycles. The van der Waals surface area contributed by atoms with Gasteiger partial charge >= 0.3 is 5.97 Å². The number of aromatic nitrogens is 2. The predicted octanol–water partition coefficient (Wildman–Crippen LogP) is 4.76. The molecule has 1 amide bonds. The number of anilines is 1. The summed E-state index contributed by atoms with van der Waals surface area (Å²) in [7, 11) is 0.